The van der Waals surface area contributed by atoms with Crippen molar-refractivity contribution in [2.75, 3.05) is 6.54 Å². The summed E-state index contributed by atoms with van der Waals surface area (Å²) in [5.74, 6) is 2.91. The van der Waals surface area contributed by atoms with Crippen LogP contribution >= 0.6 is 27.5 Å². The highest BCUT2D eigenvalue weighted by Gasteiger charge is 2.40. The molecule has 116 valence electrons. The highest BCUT2D eigenvalue weighted by atomic mass is 79.9. The summed E-state index contributed by atoms with van der Waals surface area (Å²) in [5, 5.41) is 4.59. The minimum absolute atomic E-state index is 0.433. The Morgan fingerprint density at radius 2 is 2.19 bits per heavy atom. The number of nitrogens with one attached hydrogen (secondary N) is 1. The molecular weight excluding hydrogens is 346 g/mol. The largest absolute Gasteiger partial charge is 0.310 e. The first-order valence-corrected chi connectivity index (χ1v) is 9.52. The molecule has 3 rings (SSSR count). The van der Waals surface area contributed by atoms with Gasteiger partial charge < -0.3 is 5.32 Å². The van der Waals surface area contributed by atoms with Gasteiger partial charge in [-0.2, -0.15) is 0 Å². The molecule has 2 fully saturated rings. The summed E-state index contributed by atoms with van der Waals surface area (Å²) in [5.41, 5.74) is 1.33. The minimum atomic E-state index is 0.433. The maximum absolute atomic E-state index is 6.23. The van der Waals surface area contributed by atoms with Crippen LogP contribution in [0.3, 0.4) is 0 Å². The van der Waals surface area contributed by atoms with Gasteiger partial charge in [0.25, 0.3) is 0 Å². The third-order valence-corrected chi connectivity index (χ3v) is 6.35. The van der Waals surface area contributed by atoms with Crippen molar-refractivity contribution in [2.45, 2.75) is 51.5 Å². The van der Waals surface area contributed by atoms with Crippen LogP contribution in [0.1, 0.15) is 57.1 Å². The van der Waals surface area contributed by atoms with Crippen LogP contribution < -0.4 is 5.32 Å². The summed E-state index contributed by atoms with van der Waals surface area (Å²) in [7, 11) is 0. The minimum Gasteiger partial charge on any atom is -0.310 e. The van der Waals surface area contributed by atoms with Crippen LogP contribution in [0, 0.1) is 17.8 Å². The molecule has 1 aromatic rings. The van der Waals surface area contributed by atoms with Crippen molar-refractivity contribution < 1.29 is 0 Å². The van der Waals surface area contributed by atoms with Gasteiger partial charge >= 0.3 is 0 Å². The Morgan fingerprint density at radius 3 is 2.86 bits per heavy atom. The number of hydrogen-bond acceptors (Lipinski definition) is 1. The van der Waals surface area contributed by atoms with E-state index in [4.69, 9.17) is 11.6 Å². The molecule has 0 spiro atoms. The van der Waals surface area contributed by atoms with Crippen LogP contribution in [0.25, 0.3) is 0 Å². The third kappa shape index (κ3) is 3.65. The molecular formula is C18H25BrClN. The number of fused-ring (bicyclic) bond motifs is 2. The Morgan fingerprint density at radius 1 is 1.33 bits per heavy atom. The van der Waals surface area contributed by atoms with E-state index in [1.165, 1.54) is 48.6 Å². The molecule has 21 heavy (non-hydrogen) atoms. The molecule has 4 atom stereocenters. The Hall–Kier alpha value is -0.0500. The lowest BCUT2D eigenvalue weighted by molar-refractivity contribution is 0.279. The fourth-order valence-corrected chi connectivity index (χ4v) is 5.09. The predicted molar refractivity (Wildman–Crippen MR) is 93.7 cm³/mol. The van der Waals surface area contributed by atoms with Crippen LogP contribution in [-0.4, -0.2) is 6.54 Å². The molecule has 1 N–H and O–H groups in total. The van der Waals surface area contributed by atoms with Crippen LogP contribution in [0.5, 0.6) is 0 Å². The predicted octanol–water partition coefficient (Wildman–Crippen LogP) is 5.97. The highest BCUT2D eigenvalue weighted by Crippen LogP contribution is 2.51. The molecule has 2 aliphatic carbocycles. The molecule has 0 saturated heterocycles. The molecule has 0 heterocycles. The Labute approximate surface area is 142 Å². The van der Waals surface area contributed by atoms with Gasteiger partial charge in [0.15, 0.2) is 0 Å². The van der Waals surface area contributed by atoms with E-state index in [1.54, 1.807) is 0 Å². The van der Waals surface area contributed by atoms with E-state index in [0.717, 1.165) is 29.3 Å². The maximum Gasteiger partial charge on any atom is 0.0410 e. The van der Waals surface area contributed by atoms with Crippen LogP contribution in [0.2, 0.25) is 5.02 Å². The first-order chi connectivity index (χ1) is 10.2. The molecule has 1 nitrogen and oxygen atoms in total. The molecule has 3 heteroatoms. The third-order valence-electron chi connectivity index (χ3n) is 5.40. The zero-order valence-corrected chi connectivity index (χ0v) is 15.1. The summed E-state index contributed by atoms with van der Waals surface area (Å²) in [4.78, 5) is 0. The van der Waals surface area contributed by atoms with E-state index in [2.05, 4.69) is 40.3 Å². The van der Waals surface area contributed by atoms with Gasteiger partial charge in [0.1, 0.15) is 0 Å². The van der Waals surface area contributed by atoms with Crippen LogP contribution in [0.15, 0.2) is 22.7 Å². The monoisotopic (exact) mass is 369 g/mol. The van der Waals surface area contributed by atoms with E-state index in [-0.39, 0.29) is 0 Å². The topological polar surface area (TPSA) is 12.0 Å². The van der Waals surface area contributed by atoms with Gasteiger partial charge in [-0.05, 0) is 80.2 Å². The quantitative estimate of drug-likeness (QED) is 0.650. The fourth-order valence-electron chi connectivity index (χ4n) is 4.39. The zero-order chi connectivity index (χ0) is 14.8. The smallest absolute Gasteiger partial charge is 0.0410 e. The summed E-state index contributed by atoms with van der Waals surface area (Å²) in [6.45, 7) is 3.30. The average Bonchev–Trinajstić information content (AvgIpc) is 3.08. The van der Waals surface area contributed by atoms with Crippen molar-refractivity contribution in [3.8, 4) is 0 Å². The number of rotatable bonds is 6. The van der Waals surface area contributed by atoms with E-state index in [0.29, 0.717) is 6.04 Å². The molecule has 2 aliphatic rings. The van der Waals surface area contributed by atoms with Crippen molar-refractivity contribution in [1.29, 1.82) is 0 Å². The van der Waals surface area contributed by atoms with Crippen molar-refractivity contribution >= 4 is 27.5 Å². The van der Waals surface area contributed by atoms with E-state index in [9.17, 15) is 0 Å². The van der Waals surface area contributed by atoms with Crippen molar-refractivity contribution in [1.82, 2.24) is 5.32 Å². The Kier molecular flexibility index (Phi) is 5.29. The van der Waals surface area contributed by atoms with Gasteiger partial charge in [-0.3, -0.25) is 0 Å². The number of halogens is 2. The van der Waals surface area contributed by atoms with E-state index in [1.807, 2.05) is 6.07 Å². The fraction of sp³-hybridized carbons (Fsp3) is 0.667. The van der Waals surface area contributed by atoms with Gasteiger partial charge in [0.2, 0.25) is 0 Å². The van der Waals surface area contributed by atoms with Gasteiger partial charge in [-0.25, -0.2) is 0 Å². The second-order valence-corrected chi connectivity index (χ2v) is 8.13. The summed E-state index contributed by atoms with van der Waals surface area (Å²) in [6, 6.07) is 6.61. The first kappa shape index (κ1) is 15.8. The molecule has 0 aromatic heterocycles. The number of benzene rings is 1. The number of hydrogen-bond donors (Lipinski definition) is 1. The maximum atomic E-state index is 6.23. The van der Waals surface area contributed by atoms with Crippen LogP contribution in [0.4, 0.5) is 0 Å². The van der Waals surface area contributed by atoms with Gasteiger partial charge in [0.05, 0.1) is 0 Å². The molecule has 0 aliphatic heterocycles. The lowest BCUT2D eigenvalue weighted by Gasteiger charge is -2.28. The standard InChI is InChI=1S/C18H25BrClN/c1-2-7-21-18(16-11-15(20)5-6-17(16)19)10-14-9-12-3-4-13(14)8-12/h5-6,11-14,18,21H,2-4,7-10H2,1H3. The van der Waals surface area contributed by atoms with E-state index < -0.39 is 0 Å². The molecule has 4 unspecified atom stereocenters. The molecule has 2 bridgehead atoms. The van der Waals surface area contributed by atoms with Crippen molar-refractivity contribution in [3.63, 3.8) is 0 Å². The average molecular weight is 371 g/mol. The summed E-state index contributed by atoms with van der Waals surface area (Å²) < 4.78 is 1.18. The van der Waals surface area contributed by atoms with Crippen molar-refractivity contribution in [2.24, 2.45) is 17.8 Å². The first-order valence-electron chi connectivity index (χ1n) is 8.35. The molecule has 0 radical (unpaired) electrons. The summed E-state index contributed by atoms with van der Waals surface area (Å²) in [6.07, 6.45) is 8.32. The second-order valence-electron chi connectivity index (χ2n) is 6.84. The van der Waals surface area contributed by atoms with Gasteiger partial charge in [-0.1, -0.05) is 40.9 Å². The second kappa shape index (κ2) is 7.02. The van der Waals surface area contributed by atoms with Crippen LogP contribution in [-0.2, 0) is 0 Å². The normalized spacial score (nSPS) is 29.0. The lowest BCUT2D eigenvalue weighted by atomic mass is 9.82. The molecule has 2 saturated carbocycles. The van der Waals surface area contributed by atoms with Crippen molar-refractivity contribution in [3.05, 3.63) is 33.3 Å². The Balaban J connectivity index is 1.75. The molecule has 1 aromatic carbocycles. The van der Waals surface area contributed by atoms with Gasteiger partial charge in [0, 0.05) is 15.5 Å². The van der Waals surface area contributed by atoms with Gasteiger partial charge in [-0.15, -0.1) is 0 Å². The summed E-state index contributed by atoms with van der Waals surface area (Å²) >= 11 is 9.94. The SMILES string of the molecule is CCCNC(CC1CC2CCC1C2)c1cc(Cl)ccc1Br. The highest BCUT2D eigenvalue weighted by molar-refractivity contribution is 9.10. The molecule has 0 amide bonds. The van der Waals surface area contributed by atoms with E-state index >= 15 is 0 Å². The lowest BCUT2D eigenvalue weighted by Crippen LogP contribution is -2.26. The zero-order valence-electron chi connectivity index (χ0n) is 12.7. The Bertz CT molecular complexity index is 490.